The molecule has 122 valence electrons. The number of benzene rings is 1. The summed E-state index contributed by atoms with van der Waals surface area (Å²) in [5, 5.41) is 6.63. The third-order valence-corrected chi connectivity index (χ3v) is 4.33. The minimum Gasteiger partial charge on any atom is -0.380 e. The Kier molecular flexibility index (Phi) is 6.19. The summed E-state index contributed by atoms with van der Waals surface area (Å²) in [6.45, 7) is 4.92. The molecule has 0 amide bonds. The second kappa shape index (κ2) is 8.13. The first kappa shape index (κ1) is 16.7. The predicted molar refractivity (Wildman–Crippen MR) is 87.8 cm³/mol. The van der Waals surface area contributed by atoms with Gasteiger partial charge < -0.3 is 15.4 Å². The third kappa shape index (κ3) is 4.19. The standard InChI is InChI=1S/C17H26FN3O/c1-3-22-12-11-20-16(19-2)21-13-17(9-4-10-17)14-5-7-15(18)8-6-14/h5-8H,3-4,9-13H2,1-2H3,(H2,19,20,21). The second-order valence-corrected chi connectivity index (χ2v) is 5.69. The Hall–Kier alpha value is -1.62. The Balaban J connectivity index is 1.88. The van der Waals surface area contributed by atoms with Crippen molar-refractivity contribution in [2.45, 2.75) is 31.6 Å². The molecule has 1 fully saturated rings. The van der Waals surface area contributed by atoms with E-state index in [9.17, 15) is 4.39 Å². The zero-order valence-electron chi connectivity index (χ0n) is 13.5. The van der Waals surface area contributed by atoms with Gasteiger partial charge in [-0.25, -0.2) is 4.39 Å². The van der Waals surface area contributed by atoms with Gasteiger partial charge in [0, 0.05) is 32.2 Å². The first-order valence-electron chi connectivity index (χ1n) is 7.98. The van der Waals surface area contributed by atoms with E-state index in [4.69, 9.17) is 4.74 Å². The van der Waals surface area contributed by atoms with Crippen molar-refractivity contribution in [2.24, 2.45) is 4.99 Å². The summed E-state index contributed by atoms with van der Waals surface area (Å²) < 4.78 is 18.4. The molecule has 0 atom stereocenters. The van der Waals surface area contributed by atoms with Gasteiger partial charge in [-0.15, -0.1) is 0 Å². The van der Waals surface area contributed by atoms with Gasteiger partial charge in [0.1, 0.15) is 5.82 Å². The fourth-order valence-electron chi connectivity index (χ4n) is 2.83. The van der Waals surface area contributed by atoms with Crippen molar-refractivity contribution in [3.8, 4) is 0 Å². The van der Waals surface area contributed by atoms with Gasteiger partial charge in [-0.05, 0) is 37.5 Å². The van der Waals surface area contributed by atoms with Crippen molar-refractivity contribution < 1.29 is 9.13 Å². The number of halogens is 1. The molecule has 1 aliphatic carbocycles. The molecule has 1 aromatic rings. The summed E-state index contributed by atoms with van der Waals surface area (Å²) in [4.78, 5) is 4.23. The number of aliphatic imine (C=N–C) groups is 1. The number of rotatable bonds is 7. The molecule has 22 heavy (non-hydrogen) atoms. The summed E-state index contributed by atoms with van der Waals surface area (Å²) in [5.41, 5.74) is 1.31. The van der Waals surface area contributed by atoms with E-state index in [1.165, 1.54) is 12.0 Å². The maximum absolute atomic E-state index is 13.1. The van der Waals surface area contributed by atoms with E-state index in [1.807, 2.05) is 19.1 Å². The van der Waals surface area contributed by atoms with Crippen molar-refractivity contribution in [1.82, 2.24) is 10.6 Å². The lowest BCUT2D eigenvalue weighted by Gasteiger charge is -2.43. The van der Waals surface area contributed by atoms with Crippen molar-refractivity contribution in [1.29, 1.82) is 0 Å². The number of ether oxygens (including phenoxy) is 1. The van der Waals surface area contributed by atoms with E-state index in [2.05, 4.69) is 15.6 Å². The summed E-state index contributed by atoms with van der Waals surface area (Å²) in [5.74, 6) is 0.604. The molecular formula is C17H26FN3O. The molecule has 0 aliphatic heterocycles. The number of nitrogens with one attached hydrogen (secondary N) is 2. The zero-order valence-corrected chi connectivity index (χ0v) is 13.5. The average Bonchev–Trinajstić information content (AvgIpc) is 2.49. The summed E-state index contributed by atoms with van der Waals surface area (Å²) in [7, 11) is 1.77. The molecule has 0 spiro atoms. The lowest BCUT2D eigenvalue weighted by atomic mass is 9.64. The number of hydrogen-bond donors (Lipinski definition) is 2. The van der Waals surface area contributed by atoms with Crippen LogP contribution in [0.3, 0.4) is 0 Å². The molecule has 0 aromatic heterocycles. The minimum atomic E-state index is -0.181. The summed E-state index contributed by atoms with van der Waals surface area (Å²) >= 11 is 0. The van der Waals surface area contributed by atoms with Crippen LogP contribution in [-0.4, -0.2) is 39.3 Å². The molecule has 0 radical (unpaired) electrons. The van der Waals surface area contributed by atoms with Crippen LogP contribution in [0.15, 0.2) is 29.3 Å². The van der Waals surface area contributed by atoms with Gasteiger partial charge >= 0.3 is 0 Å². The SMILES string of the molecule is CCOCCNC(=NC)NCC1(c2ccc(F)cc2)CCC1. The van der Waals surface area contributed by atoms with Crippen molar-refractivity contribution in [2.75, 3.05) is 33.4 Å². The molecule has 0 saturated heterocycles. The summed E-state index contributed by atoms with van der Waals surface area (Å²) in [6.07, 6.45) is 3.47. The van der Waals surface area contributed by atoms with Gasteiger partial charge in [-0.3, -0.25) is 4.99 Å². The molecule has 5 heteroatoms. The molecule has 0 heterocycles. The fraction of sp³-hybridized carbons (Fsp3) is 0.588. The van der Waals surface area contributed by atoms with Crippen LogP contribution in [0.4, 0.5) is 4.39 Å². The maximum atomic E-state index is 13.1. The third-order valence-electron chi connectivity index (χ3n) is 4.33. The molecule has 1 saturated carbocycles. The van der Waals surface area contributed by atoms with Crippen LogP contribution in [0.1, 0.15) is 31.7 Å². The van der Waals surface area contributed by atoms with E-state index in [0.717, 1.165) is 38.5 Å². The average molecular weight is 307 g/mol. The molecule has 1 aliphatic rings. The highest BCUT2D eigenvalue weighted by Crippen LogP contribution is 2.43. The highest BCUT2D eigenvalue weighted by molar-refractivity contribution is 5.79. The minimum absolute atomic E-state index is 0.102. The lowest BCUT2D eigenvalue weighted by molar-refractivity contribution is 0.152. The van der Waals surface area contributed by atoms with Crippen LogP contribution >= 0.6 is 0 Å². The van der Waals surface area contributed by atoms with Gasteiger partial charge in [-0.1, -0.05) is 18.6 Å². The molecule has 2 rings (SSSR count). The summed E-state index contributed by atoms with van der Waals surface area (Å²) in [6, 6.07) is 6.90. The molecule has 1 aromatic carbocycles. The van der Waals surface area contributed by atoms with Gasteiger partial charge in [0.25, 0.3) is 0 Å². The van der Waals surface area contributed by atoms with Crippen LogP contribution in [0.25, 0.3) is 0 Å². The van der Waals surface area contributed by atoms with Gasteiger partial charge in [-0.2, -0.15) is 0 Å². The van der Waals surface area contributed by atoms with Crippen LogP contribution in [0, 0.1) is 5.82 Å². The van der Waals surface area contributed by atoms with E-state index in [-0.39, 0.29) is 11.2 Å². The fourth-order valence-corrected chi connectivity index (χ4v) is 2.83. The Labute approximate surface area is 132 Å². The largest absolute Gasteiger partial charge is 0.380 e. The molecule has 0 bridgehead atoms. The van der Waals surface area contributed by atoms with Crippen molar-refractivity contribution in [3.63, 3.8) is 0 Å². The van der Waals surface area contributed by atoms with E-state index in [0.29, 0.717) is 6.61 Å². The second-order valence-electron chi connectivity index (χ2n) is 5.69. The number of hydrogen-bond acceptors (Lipinski definition) is 2. The Morgan fingerprint density at radius 3 is 2.55 bits per heavy atom. The number of guanidine groups is 1. The molecule has 2 N–H and O–H groups in total. The van der Waals surface area contributed by atoms with Gasteiger partial charge in [0.2, 0.25) is 0 Å². The smallest absolute Gasteiger partial charge is 0.191 e. The zero-order chi connectivity index (χ0) is 15.8. The Morgan fingerprint density at radius 1 is 1.27 bits per heavy atom. The van der Waals surface area contributed by atoms with Crippen LogP contribution in [0.5, 0.6) is 0 Å². The van der Waals surface area contributed by atoms with E-state index in [1.54, 1.807) is 19.2 Å². The van der Waals surface area contributed by atoms with Crippen LogP contribution in [0.2, 0.25) is 0 Å². The highest BCUT2D eigenvalue weighted by Gasteiger charge is 2.38. The van der Waals surface area contributed by atoms with E-state index < -0.39 is 0 Å². The topological polar surface area (TPSA) is 45.6 Å². The molecule has 0 unspecified atom stereocenters. The number of nitrogens with zero attached hydrogens (tertiary/aromatic N) is 1. The molecular weight excluding hydrogens is 281 g/mol. The molecule has 4 nitrogen and oxygen atoms in total. The highest BCUT2D eigenvalue weighted by atomic mass is 19.1. The quantitative estimate of drug-likeness (QED) is 0.462. The normalized spacial score (nSPS) is 17.0. The van der Waals surface area contributed by atoms with Crippen molar-refractivity contribution in [3.05, 3.63) is 35.6 Å². The van der Waals surface area contributed by atoms with Crippen LogP contribution in [-0.2, 0) is 10.2 Å². The lowest BCUT2D eigenvalue weighted by Crippen LogP contribution is -2.49. The Bertz CT molecular complexity index is 483. The first-order valence-corrected chi connectivity index (χ1v) is 7.98. The monoisotopic (exact) mass is 307 g/mol. The Morgan fingerprint density at radius 2 is 2.00 bits per heavy atom. The van der Waals surface area contributed by atoms with Crippen molar-refractivity contribution >= 4 is 5.96 Å². The first-order chi connectivity index (χ1) is 10.7. The van der Waals surface area contributed by atoms with E-state index >= 15 is 0 Å². The van der Waals surface area contributed by atoms with Gasteiger partial charge in [0.05, 0.1) is 6.61 Å². The maximum Gasteiger partial charge on any atom is 0.191 e. The predicted octanol–water partition coefficient (Wildman–Crippen LogP) is 2.45. The van der Waals surface area contributed by atoms with Crippen LogP contribution < -0.4 is 10.6 Å². The van der Waals surface area contributed by atoms with Gasteiger partial charge in [0.15, 0.2) is 5.96 Å².